The van der Waals surface area contributed by atoms with E-state index in [1.165, 1.54) is 11.5 Å². The highest BCUT2D eigenvalue weighted by atomic mass is 35.5. The molecular formula is C15H15Cl2N5OS. The molecule has 0 fully saturated rings. The van der Waals surface area contributed by atoms with Crippen molar-refractivity contribution in [1.29, 1.82) is 0 Å². The van der Waals surface area contributed by atoms with Crippen LogP contribution in [0.2, 0.25) is 10.2 Å². The summed E-state index contributed by atoms with van der Waals surface area (Å²) in [6, 6.07) is 5.80. The fourth-order valence-electron chi connectivity index (χ4n) is 2.51. The number of nitrogens with zero attached hydrogens (tertiary/aromatic N) is 3. The van der Waals surface area contributed by atoms with Gasteiger partial charge in [0.05, 0.1) is 21.5 Å². The van der Waals surface area contributed by atoms with Gasteiger partial charge in [0.1, 0.15) is 6.54 Å². The Morgan fingerprint density at radius 3 is 2.83 bits per heavy atom. The van der Waals surface area contributed by atoms with Crippen LogP contribution >= 0.6 is 34.7 Å². The van der Waals surface area contributed by atoms with E-state index in [0.29, 0.717) is 10.2 Å². The van der Waals surface area contributed by atoms with Gasteiger partial charge in [0.25, 0.3) is 0 Å². The molecule has 126 valence electrons. The lowest BCUT2D eigenvalue weighted by Crippen LogP contribution is -2.20. The SMILES string of the molecule is Cc1c2ccc(N[C@@H](C)c3snc(Cl)c3Cl)cc2nn1CC(N)=O. The van der Waals surface area contributed by atoms with Crippen LogP contribution in [0.5, 0.6) is 0 Å². The molecule has 1 amide bonds. The predicted octanol–water partition coefficient (Wildman–Crippen LogP) is 3.77. The maximum Gasteiger partial charge on any atom is 0.239 e. The number of primary amides is 1. The summed E-state index contributed by atoms with van der Waals surface area (Å²) in [5.41, 5.74) is 7.83. The highest BCUT2D eigenvalue weighted by molar-refractivity contribution is 7.07. The number of carbonyl (C=O) groups is 1. The number of nitrogens with one attached hydrogen (secondary N) is 1. The number of hydrogen-bond donors (Lipinski definition) is 2. The second kappa shape index (κ2) is 6.58. The van der Waals surface area contributed by atoms with Crippen molar-refractivity contribution < 1.29 is 4.79 Å². The van der Waals surface area contributed by atoms with E-state index in [-0.39, 0.29) is 12.6 Å². The Kier molecular flexibility index (Phi) is 4.67. The quantitative estimate of drug-likeness (QED) is 0.701. The molecule has 1 atom stereocenters. The molecule has 3 aromatic rings. The molecule has 0 aliphatic heterocycles. The summed E-state index contributed by atoms with van der Waals surface area (Å²) in [5, 5.41) is 9.57. The van der Waals surface area contributed by atoms with Crippen molar-refractivity contribution in [1.82, 2.24) is 14.2 Å². The Bertz CT molecular complexity index is 920. The van der Waals surface area contributed by atoms with Gasteiger partial charge in [-0.25, -0.2) is 0 Å². The van der Waals surface area contributed by atoms with Gasteiger partial charge >= 0.3 is 0 Å². The average molecular weight is 384 g/mol. The molecule has 0 saturated carbocycles. The van der Waals surface area contributed by atoms with Crippen molar-refractivity contribution in [3.63, 3.8) is 0 Å². The van der Waals surface area contributed by atoms with Crippen molar-refractivity contribution in [2.45, 2.75) is 26.4 Å². The molecule has 2 heterocycles. The standard InChI is InChI=1S/C15H15Cl2N5OS/c1-7(14-13(16)15(17)21-24-14)19-9-3-4-10-8(2)22(6-12(18)23)20-11(10)5-9/h3-5,7,19H,6H2,1-2H3,(H2,18,23)/t7-/m0/s1. The van der Waals surface area contributed by atoms with Crippen molar-refractivity contribution >= 4 is 57.2 Å². The van der Waals surface area contributed by atoms with Crippen molar-refractivity contribution in [2.24, 2.45) is 5.73 Å². The Balaban J connectivity index is 1.88. The first kappa shape index (κ1) is 17.0. The van der Waals surface area contributed by atoms with Gasteiger partial charge in [-0.05, 0) is 43.6 Å². The van der Waals surface area contributed by atoms with Crippen LogP contribution in [-0.2, 0) is 11.3 Å². The number of fused-ring (bicyclic) bond motifs is 1. The van der Waals surface area contributed by atoms with Crippen LogP contribution in [0, 0.1) is 6.92 Å². The third-order valence-corrected chi connectivity index (χ3v) is 5.70. The van der Waals surface area contributed by atoms with Crippen molar-refractivity contribution in [2.75, 3.05) is 5.32 Å². The minimum absolute atomic E-state index is 0.0475. The maximum absolute atomic E-state index is 11.1. The molecule has 0 bridgehead atoms. The van der Waals surface area contributed by atoms with E-state index in [1.54, 1.807) is 4.68 Å². The van der Waals surface area contributed by atoms with Gasteiger partial charge in [0.2, 0.25) is 5.91 Å². The molecule has 0 unspecified atom stereocenters. The van der Waals surface area contributed by atoms with Gasteiger partial charge in [-0.15, -0.1) is 0 Å². The third kappa shape index (κ3) is 3.19. The highest BCUT2D eigenvalue weighted by Crippen LogP contribution is 2.35. The zero-order valence-corrected chi connectivity index (χ0v) is 15.3. The Labute approximate surface area is 152 Å². The normalized spacial score (nSPS) is 12.5. The Hall–Kier alpha value is -1.83. The van der Waals surface area contributed by atoms with Crippen molar-refractivity contribution in [3.05, 3.63) is 38.9 Å². The minimum Gasteiger partial charge on any atom is -0.378 e. The summed E-state index contributed by atoms with van der Waals surface area (Å²) in [6.45, 7) is 3.96. The molecule has 9 heteroatoms. The van der Waals surface area contributed by atoms with Gasteiger partial charge in [-0.3, -0.25) is 9.48 Å². The number of aryl methyl sites for hydroxylation is 1. The zero-order valence-electron chi connectivity index (χ0n) is 13.0. The van der Waals surface area contributed by atoms with E-state index in [2.05, 4.69) is 14.8 Å². The van der Waals surface area contributed by atoms with Crippen LogP contribution in [-0.4, -0.2) is 20.1 Å². The van der Waals surface area contributed by atoms with E-state index in [0.717, 1.165) is 27.2 Å². The van der Waals surface area contributed by atoms with Gasteiger partial charge in [0.15, 0.2) is 5.15 Å². The molecule has 0 aliphatic carbocycles. The summed E-state index contributed by atoms with van der Waals surface area (Å²) in [4.78, 5) is 12.0. The number of amides is 1. The van der Waals surface area contributed by atoms with Crippen molar-refractivity contribution in [3.8, 4) is 0 Å². The summed E-state index contributed by atoms with van der Waals surface area (Å²) < 4.78 is 5.66. The summed E-state index contributed by atoms with van der Waals surface area (Å²) in [5.74, 6) is -0.422. The lowest BCUT2D eigenvalue weighted by molar-refractivity contribution is -0.118. The van der Waals surface area contributed by atoms with Gasteiger partial charge in [0, 0.05) is 16.8 Å². The van der Waals surface area contributed by atoms with E-state index in [4.69, 9.17) is 28.9 Å². The van der Waals surface area contributed by atoms with Crippen LogP contribution in [0.25, 0.3) is 10.9 Å². The summed E-state index contributed by atoms with van der Waals surface area (Å²) in [6.07, 6.45) is 0. The van der Waals surface area contributed by atoms with E-state index < -0.39 is 5.91 Å². The van der Waals surface area contributed by atoms with E-state index in [1.807, 2.05) is 32.0 Å². The number of nitrogens with two attached hydrogens (primary N) is 1. The Morgan fingerprint density at radius 1 is 1.46 bits per heavy atom. The average Bonchev–Trinajstić information content (AvgIpc) is 3.00. The lowest BCUT2D eigenvalue weighted by atomic mass is 10.2. The number of halogens is 2. The first-order valence-electron chi connectivity index (χ1n) is 7.19. The molecule has 3 rings (SSSR count). The molecule has 24 heavy (non-hydrogen) atoms. The van der Waals surface area contributed by atoms with Gasteiger partial charge < -0.3 is 11.1 Å². The molecule has 0 spiro atoms. The largest absolute Gasteiger partial charge is 0.378 e. The molecule has 3 N–H and O–H groups in total. The predicted molar refractivity (Wildman–Crippen MR) is 97.8 cm³/mol. The topological polar surface area (TPSA) is 85.8 Å². The second-order valence-corrected chi connectivity index (χ2v) is 7.00. The van der Waals surface area contributed by atoms with Crippen LogP contribution in [0.3, 0.4) is 0 Å². The molecule has 2 aromatic heterocycles. The maximum atomic E-state index is 11.1. The fourth-order valence-corrected chi connectivity index (χ4v) is 3.80. The van der Waals surface area contributed by atoms with E-state index >= 15 is 0 Å². The zero-order chi connectivity index (χ0) is 17.4. The number of hydrogen-bond acceptors (Lipinski definition) is 5. The number of aromatic nitrogens is 3. The third-order valence-electron chi connectivity index (χ3n) is 3.71. The first-order chi connectivity index (χ1) is 11.4. The molecule has 1 aromatic carbocycles. The van der Waals surface area contributed by atoms with Gasteiger partial charge in [-0.1, -0.05) is 23.2 Å². The molecular weight excluding hydrogens is 369 g/mol. The lowest BCUT2D eigenvalue weighted by Gasteiger charge is -2.13. The van der Waals surface area contributed by atoms with Crippen LogP contribution in [0.1, 0.15) is 23.5 Å². The first-order valence-corrected chi connectivity index (χ1v) is 8.72. The number of anilines is 1. The number of rotatable bonds is 5. The fraction of sp³-hybridized carbons (Fsp3) is 0.267. The number of carbonyl (C=O) groups excluding carboxylic acids is 1. The monoisotopic (exact) mass is 383 g/mol. The molecule has 6 nitrogen and oxygen atoms in total. The second-order valence-electron chi connectivity index (χ2n) is 5.46. The highest BCUT2D eigenvalue weighted by Gasteiger charge is 2.17. The van der Waals surface area contributed by atoms with Crippen LogP contribution < -0.4 is 11.1 Å². The van der Waals surface area contributed by atoms with E-state index in [9.17, 15) is 4.79 Å². The van der Waals surface area contributed by atoms with Crippen LogP contribution in [0.15, 0.2) is 18.2 Å². The smallest absolute Gasteiger partial charge is 0.239 e. The molecule has 0 radical (unpaired) electrons. The van der Waals surface area contributed by atoms with Gasteiger partial charge in [-0.2, -0.15) is 9.47 Å². The molecule has 0 aliphatic rings. The Morgan fingerprint density at radius 2 is 2.21 bits per heavy atom. The molecule has 0 saturated heterocycles. The minimum atomic E-state index is -0.422. The van der Waals surface area contributed by atoms with Crippen LogP contribution in [0.4, 0.5) is 5.69 Å². The summed E-state index contributed by atoms with van der Waals surface area (Å²) in [7, 11) is 0. The summed E-state index contributed by atoms with van der Waals surface area (Å²) >= 11 is 13.3. The number of benzene rings is 1.